The molecule has 2 atom stereocenters. The zero-order chi connectivity index (χ0) is 11.0. The number of rotatable bonds is 2. The molecule has 0 bridgehead atoms. The van der Waals surface area contributed by atoms with Gasteiger partial charge in [0.25, 0.3) is 5.91 Å². The molecule has 2 rings (SSSR count). The van der Waals surface area contributed by atoms with E-state index in [9.17, 15) is 9.90 Å². The first kappa shape index (κ1) is 10.0. The second-order valence-electron chi connectivity index (χ2n) is 4.31. The van der Waals surface area contributed by atoms with Crippen LogP contribution >= 0.6 is 0 Å². The molecular weight excluding hydrogens is 190 g/mol. The number of aromatic hydroxyl groups is 1. The van der Waals surface area contributed by atoms with Gasteiger partial charge in [-0.1, -0.05) is 18.6 Å². The van der Waals surface area contributed by atoms with Gasteiger partial charge in [-0.25, -0.2) is 0 Å². The third-order valence-electron chi connectivity index (χ3n) is 2.82. The number of carbonyl (C=O) groups is 1. The summed E-state index contributed by atoms with van der Waals surface area (Å²) in [5, 5.41) is 12.4. The van der Waals surface area contributed by atoms with E-state index in [2.05, 4.69) is 12.2 Å². The van der Waals surface area contributed by atoms with E-state index in [-0.39, 0.29) is 17.7 Å². The van der Waals surface area contributed by atoms with E-state index in [1.807, 2.05) is 6.92 Å². The Morgan fingerprint density at radius 2 is 2.20 bits per heavy atom. The number of phenols is 1. The standard InChI is InChI=1S/C12H15NO2/c1-7-3-4-11(14)9(5-7)12(15)13-10-6-8(10)2/h3-5,8,10,14H,6H2,1-2H3,(H,13,15). The van der Waals surface area contributed by atoms with Crippen molar-refractivity contribution in [2.75, 3.05) is 0 Å². The molecule has 1 aliphatic rings. The van der Waals surface area contributed by atoms with Gasteiger partial charge >= 0.3 is 0 Å². The first-order chi connectivity index (χ1) is 7.08. The highest BCUT2D eigenvalue weighted by atomic mass is 16.3. The smallest absolute Gasteiger partial charge is 0.255 e. The summed E-state index contributed by atoms with van der Waals surface area (Å²) in [5.41, 5.74) is 1.34. The van der Waals surface area contributed by atoms with E-state index in [1.54, 1.807) is 18.2 Å². The van der Waals surface area contributed by atoms with Gasteiger partial charge in [0.15, 0.2) is 0 Å². The maximum atomic E-state index is 11.7. The summed E-state index contributed by atoms with van der Waals surface area (Å²) in [6.07, 6.45) is 1.04. The van der Waals surface area contributed by atoms with E-state index in [0.29, 0.717) is 11.5 Å². The van der Waals surface area contributed by atoms with Crippen LogP contribution in [0.4, 0.5) is 0 Å². The molecule has 0 radical (unpaired) electrons. The molecule has 80 valence electrons. The molecule has 0 saturated heterocycles. The Bertz CT molecular complexity index is 401. The zero-order valence-corrected chi connectivity index (χ0v) is 8.95. The number of nitrogens with one attached hydrogen (secondary N) is 1. The molecule has 3 heteroatoms. The lowest BCUT2D eigenvalue weighted by molar-refractivity contribution is 0.0946. The molecule has 3 nitrogen and oxygen atoms in total. The molecule has 1 amide bonds. The third-order valence-corrected chi connectivity index (χ3v) is 2.82. The molecule has 1 aliphatic carbocycles. The lowest BCUT2D eigenvalue weighted by atomic mass is 10.1. The zero-order valence-electron chi connectivity index (χ0n) is 8.95. The predicted octanol–water partition coefficient (Wildman–Crippen LogP) is 1.84. The van der Waals surface area contributed by atoms with Crippen molar-refractivity contribution >= 4 is 5.91 Å². The van der Waals surface area contributed by atoms with Crippen molar-refractivity contribution in [3.8, 4) is 5.75 Å². The Labute approximate surface area is 89.1 Å². The predicted molar refractivity (Wildman–Crippen MR) is 57.9 cm³/mol. The van der Waals surface area contributed by atoms with E-state index in [0.717, 1.165) is 12.0 Å². The molecule has 0 aromatic heterocycles. The highest BCUT2D eigenvalue weighted by Gasteiger charge is 2.34. The van der Waals surface area contributed by atoms with Crippen LogP contribution < -0.4 is 5.32 Å². The fourth-order valence-electron chi connectivity index (χ4n) is 1.60. The Balaban J connectivity index is 2.14. The van der Waals surface area contributed by atoms with Crippen molar-refractivity contribution in [1.29, 1.82) is 0 Å². The topological polar surface area (TPSA) is 49.3 Å². The van der Waals surface area contributed by atoms with Crippen LogP contribution in [0.15, 0.2) is 18.2 Å². The maximum absolute atomic E-state index is 11.7. The molecule has 1 saturated carbocycles. The second-order valence-corrected chi connectivity index (χ2v) is 4.31. The molecule has 0 spiro atoms. The number of phenolic OH excluding ortho intramolecular Hbond substituents is 1. The van der Waals surface area contributed by atoms with Crippen molar-refractivity contribution in [3.05, 3.63) is 29.3 Å². The van der Waals surface area contributed by atoms with Crippen molar-refractivity contribution in [2.24, 2.45) is 5.92 Å². The van der Waals surface area contributed by atoms with Crippen molar-refractivity contribution in [1.82, 2.24) is 5.32 Å². The molecule has 1 aromatic carbocycles. The Morgan fingerprint density at radius 1 is 1.53 bits per heavy atom. The molecule has 0 heterocycles. The minimum atomic E-state index is -0.175. The molecule has 15 heavy (non-hydrogen) atoms. The van der Waals surface area contributed by atoms with Crippen LogP contribution in [0.25, 0.3) is 0 Å². The molecule has 1 aromatic rings. The first-order valence-electron chi connectivity index (χ1n) is 5.18. The van der Waals surface area contributed by atoms with E-state index < -0.39 is 0 Å². The van der Waals surface area contributed by atoms with Crippen molar-refractivity contribution in [2.45, 2.75) is 26.3 Å². The minimum Gasteiger partial charge on any atom is -0.507 e. The SMILES string of the molecule is Cc1ccc(O)c(C(=O)NC2CC2C)c1. The number of amides is 1. The first-order valence-corrected chi connectivity index (χ1v) is 5.18. The Hall–Kier alpha value is -1.51. The number of aryl methyl sites for hydroxylation is 1. The average Bonchev–Trinajstić information content (AvgIpc) is 2.86. The normalized spacial score (nSPS) is 23.6. The van der Waals surface area contributed by atoms with Crippen LogP contribution in [0.3, 0.4) is 0 Å². The summed E-state index contributed by atoms with van der Waals surface area (Å²) in [7, 11) is 0. The van der Waals surface area contributed by atoms with Gasteiger partial charge in [-0.3, -0.25) is 4.79 Å². The number of carbonyl (C=O) groups excluding carboxylic acids is 1. The van der Waals surface area contributed by atoms with Crippen LogP contribution in [0, 0.1) is 12.8 Å². The average molecular weight is 205 g/mol. The molecule has 2 N–H and O–H groups in total. The molecule has 1 fully saturated rings. The largest absolute Gasteiger partial charge is 0.507 e. The van der Waals surface area contributed by atoms with Gasteiger partial charge in [0.05, 0.1) is 5.56 Å². The van der Waals surface area contributed by atoms with Crippen LogP contribution in [0.5, 0.6) is 5.75 Å². The van der Waals surface area contributed by atoms with Gasteiger partial charge in [-0.15, -0.1) is 0 Å². The van der Waals surface area contributed by atoms with Crippen LogP contribution in [-0.2, 0) is 0 Å². The molecule has 0 aliphatic heterocycles. The van der Waals surface area contributed by atoms with E-state index >= 15 is 0 Å². The maximum Gasteiger partial charge on any atom is 0.255 e. The van der Waals surface area contributed by atoms with E-state index in [1.165, 1.54) is 0 Å². The fraction of sp³-hybridized carbons (Fsp3) is 0.417. The highest BCUT2D eigenvalue weighted by molar-refractivity contribution is 5.97. The van der Waals surface area contributed by atoms with Crippen LogP contribution in [0.2, 0.25) is 0 Å². The monoisotopic (exact) mass is 205 g/mol. The Kier molecular flexibility index (Phi) is 2.39. The number of hydrogen-bond donors (Lipinski definition) is 2. The highest BCUT2D eigenvalue weighted by Crippen LogP contribution is 2.30. The summed E-state index contributed by atoms with van der Waals surface area (Å²) < 4.78 is 0. The van der Waals surface area contributed by atoms with Gasteiger partial charge in [-0.05, 0) is 31.4 Å². The summed E-state index contributed by atoms with van der Waals surface area (Å²) in [4.78, 5) is 11.7. The lowest BCUT2D eigenvalue weighted by Crippen LogP contribution is -2.26. The summed E-state index contributed by atoms with van der Waals surface area (Å²) in [6.45, 7) is 4.00. The van der Waals surface area contributed by atoms with Gasteiger partial charge < -0.3 is 10.4 Å². The summed E-state index contributed by atoms with van der Waals surface area (Å²) >= 11 is 0. The van der Waals surface area contributed by atoms with E-state index in [4.69, 9.17) is 0 Å². The minimum absolute atomic E-state index is 0.0476. The summed E-state index contributed by atoms with van der Waals surface area (Å²) in [6, 6.07) is 5.34. The lowest BCUT2D eigenvalue weighted by Gasteiger charge is -2.06. The quantitative estimate of drug-likeness (QED) is 0.774. The van der Waals surface area contributed by atoms with Crippen molar-refractivity contribution < 1.29 is 9.90 Å². The van der Waals surface area contributed by atoms with Crippen molar-refractivity contribution in [3.63, 3.8) is 0 Å². The molecular formula is C12H15NO2. The van der Waals surface area contributed by atoms with Gasteiger partial charge in [0.1, 0.15) is 5.75 Å². The van der Waals surface area contributed by atoms with Crippen LogP contribution in [0.1, 0.15) is 29.3 Å². The summed E-state index contributed by atoms with van der Waals surface area (Å²) in [5.74, 6) is 0.442. The van der Waals surface area contributed by atoms with Gasteiger partial charge in [0.2, 0.25) is 0 Å². The third kappa shape index (κ3) is 2.12. The Morgan fingerprint density at radius 3 is 2.80 bits per heavy atom. The number of benzene rings is 1. The van der Waals surface area contributed by atoms with Gasteiger partial charge in [0, 0.05) is 6.04 Å². The number of hydrogen-bond acceptors (Lipinski definition) is 2. The fourth-order valence-corrected chi connectivity index (χ4v) is 1.60. The second kappa shape index (κ2) is 3.57. The van der Waals surface area contributed by atoms with Gasteiger partial charge in [-0.2, -0.15) is 0 Å². The van der Waals surface area contributed by atoms with Crippen LogP contribution in [-0.4, -0.2) is 17.1 Å². The molecule has 2 unspecified atom stereocenters.